The Hall–Kier alpha value is -1.55. The number of hydrogen-bond acceptors (Lipinski definition) is 4. The number of carbonyl (C=O) groups is 1. The molecule has 1 aromatic rings. The fourth-order valence-electron chi connectivity index (χ4n) is 1.87. The van der Waals surface area contributed by atoms with Gasteiger partial charge in [0.1, 0.15) is 0 Å². The molecular weight excluding hydrogens is 240 g/mol. The highest BCUT2D eigenvalue weighted by Crippen LogP contribution is 2.14. The van der Waals surface area contributed by atoms with Gasteiger partial charge in [-0.15, -0.1) is 0 Å². The lowest BCUT2D eigenvalue weighted by Gasteiger charge is -2.14. The summed E-state index contributed by atoms with van der Waals surface area (Å²) in [5.41, 5.74) is 8.40. The van der Waals surface area contributed by atoms with Crippen molar-refractivity contribution in [3.05, 3.63) is 29.8 Å². The Morgan fingerprint density at radius 3 is 2.47 bits per heavy atom. The van der Waals surface area contributed by atoms with Crippen LogP contribution in [0.25, 0.3) is 0 Å². The molecule has 0 bridgehead atoms. The first kappa shape index (κ1) is 15.5. The largest absolute Gasteiger partial charge is 0.466 e. The quantitative estimate of drug-likeness (QED) is 0.765. The number of carbonyl (C=O) groups excluding carboxylic acids is 1. The minimum Gasteiger partial charge on any atom is -0.466 e. The number of hydrogen-bond donors (Lipinski definition) is 1. The number of anilines is 1. The van der Waals surface area contributed by atoms with Gasteiger partial charge in [-0.1, -0.05) is 12.1 Å². The van der Waals surface area contributed by atoms with Gasteiger partial charge in [0.15, 0.2) is 0 Å². The second-order valence-electron chi connectivity index (χ2n) is 4.87. The molecule has 0 saturated heterocycles. The zero-order chi connectivity index (χ0) is 14.3. The van der Waals surface area contributed by atoms with Crippen molar-refractivity contribution in [3.63, 3.8) is 0 Å². The SMILES string of the molecule is CCOC(=O)CCC(N)Cc1ccc(N(C)C)cc1. The van der Waals surface area contributed by atoms with E-state index < -0.39 is 0 Å². The van der Waals surface area contributed by atoms with Crippen molar-refractivity contribution in [2.45, 2.75) is 32.2 Å². The number of rotatable bonds is 7. The Morgan fingerprint density at radius 1 is 1.32 bits per heavy atom. The van der Waals surface area contributed by atoms with Crippen molar-refractivity contribution in [1.82, 2.24) is 0 Å². The Bertz CT molecular complexity index is 388. The summed E-state index contributed by atoms with van der Waals surface area (Å²) in [6, 6.07) is 8.31. The summed E-state index contributed by atoms with van der Waals surface area (Å²) in [6.07, 6.45) is 1.84. The van der Waals surface area contributed by atoms with Crippen molar-refractivity contribution in [2.24, 2.45) is 5.73 Å². The highest BCUT2D eigenvalue weighted by molar-refractivity contribution is 5.69. The second-order valence-corrected chi connectivity index (χ2v) is 4.87. The summed E-state index contributed by atoms with van der Waals surface area (Å²) in [4.78, 5) is 13.3. The number of nitrogens with zero attached hydrogens (tertiary/aromatic N) is 1. The van der Waals surface area contributed by atoms with Gasteiger partial charge in [0.2, 0.25) is 0 Å². The van der Waals surface area contributed by atoms with Crippen LogP contribution in [-0.4, -0.2) is 32.7 Å². The molecule has 19 heavy (non-hydrogen) atoms. The summed E-state index contributed by atoms with van der Waals surface area (Å²) < 4.78 is 4.88. The first-order chi connectivity index (χ1) is 9.02. The minimum absolute atomic E-state index is 0.00499. The summed E-state index contributed by atoms with van der Waals surface area (Å²) in [7, 11) is 4.03. The number of ether oxygens (including phenoxy) is 1. The van der Waals surface area contributed by atoms with Crippen molar-refractivity contribution in [3.8, 4) is 0 Å². The van der Waals surface area contributed by atoms with Crippen LogP contribution in [0.2, 0.25) is 0 Å². The molecule has 0 aromatic heterocycles. The second kappa shape index (κ2) is 7.79. The lowest BCUT2D eigenvalue weighted by Crippen LogP contribution is -2.24. The first-order valence-electron chi connectivity index (χ1n) is 6.70. The Labute approximate surface area is 115 Å². The maximum Gasteiger partial charge on any atom is 0.305 e. The van der Waals surface area contributed by atoms with Crippen molar-refractivity contribution in [2.75, 3.05) is 25.6 Å². The van der Waals surface area contributed by atoms with Gasteiger partial charge in [-0.05, 0) is 37.5 Å². The van der Waals surface area contributed by atoms with E-state index in [4.69, 9.17) is 10.5 Å². The molecule has 0 aliphatic rings. The van der Waals surface area contributed by atoms with Crippen LogP contribution in [0.1, 0.15) is 25.3 Å². The van der Waals surface area contributed by atoms with Crippen LogP contribution in [-0.2, 0) is 16.0 Å². The van der Waals surface area contributed by atoms with Gasteiger partial charge in [-0.3, -0.25) is 4.79 Å². The molecular formula is C15H24N2O2. The van der Waals surface area contributed by atoms with Crippen LogP contribution in [0.15, 0.2) is 24.3 Å². The maximum absolute atomic E-state index is 11.2. The predicted octanol–water partition coefficient (Wildman–Crippen LogP) is 1.97. The predicted molar refractivity (Wildman–Crippen MR) is 78.3 cm³/mol. The normalized spacial score (nSPS) is 12.0. The third-order valence-electron chi connectivity index (χ3n) is 2.98. The molecule has 1 atom stereocenters. The summed E-state index contributed by atoms with van der Waals surface area (Å²) in [6.45, 7) is 2.24. The molecule has 4 heteroatoms. The third kappa shape index (κ3) is 5.75. The van der Waals surface area contributed by atoms with Gasteiger partial charge in [0.25, 0.3) is 0 Å². The molecule has 1 rings (SSSR count). The molecule has 0 aliphatic carbocycles. The first-order valence-corrected chi connectivity index (χ1v) is 6.70. The van der Waals surface area contributed by atoms with E-state index in [9.17, 15) is 4.79 Å². The molecule has 1 unspecified atom stereocenters. The van der Waals surface area contributed by atoms with E-state index in [0.29, 0.717) is 19.4 Å². The summed E-state index contributed by atoms with van der Waals surface area (Å²) >= 11 is 0. The molecule has 0 amide bonds. The van der Waals surface area contributed by atoms with Crippen LogP contribution < -0.4 is 10.6 Å². The van der Waals surface area contributed by atoms with Gasteiger partial charge >= 0.3 is 5.97 Å². The van der Waals surface area contributed by atoms with Crippen LogP contribution in [0.5, 0.6) is 0 Å². The van der Waals surface area contributed by atoms with Gasteiger partial charge in [0.05, 0.1) is 6.61 Å². The molecule has 4 nitrogen and oxygen atoms in total. The van der Waals surface area contributed by atoms with E-state index in [1.807, 2.05) is 21.0 Å². The van der Waals surface area contributed by atoms with E-state index in [0.717, 1.165) is 6.42 Å². The Morgan fingerprint density at radius 2 is 1.95 bits per heavy atom. The topological polar surface area (TPSA) is 55.6 Å². The molecule has 0 spiro atoms. The molecule has 0 fully saturated rings. The highest BCUT2D eigenvalue weighted by Gasteiger charge is 2.08. The molecule has 2 N–H and O–H groups in total. The number of esters is 1. The van der Waals surface area contributed by atoms with Gasteiger partial charge < -0.3 is 15.4 Å². The van der Waals surface area contributed by atoms with Crippen molar-refractivity contribution in [1.29, 1.82) is 0 Å². The van der Waals surface area contributed by atoms with Crippen LogP contribution in [0.4, 0.5) is 5.69 Å². The summed E-state index contributed by atoms with van der Waals surface area (Å²) in [5.74, 6) is -0.166. The maximum atomic E-state index is 11.2. The van der Waals surface area contributed by atoms with Crippen molar-refractivity contribution >= 4 is 11.7 Å². The molecule has 106 valence electrons. The van der Waals surface area contributed by atoms with Crippen molar-refractivity contribution < 1.29 is 9.53 Å². The molecule has 0 saturated carbocycles. The van der Waals surface area contributed by atoms with Gasteiger partial charge in [-0.25, -0.2) is 0 Å². The van der Waals surface area contributed by atoms with E-state index >= 15 is 0 Å². The Kier molecular flexibility index (Phi) is 6.36. The monoisotopic (exact) mass is 264 g/mol. The van der Waals surface area contributed by atoms with E-state index in [1.165, 1.54) is 11.3 Å². The van der Waals surface area contributed by atoms with Crippen LogP contribution in [0.3, 0.4) is 0 Å². The average molecular weight is 264 g/mol. The fraction of sp³-hybridized carbons (Fsp3) is 0.533. The smallest absolute Gasteiger partial charge is 0.305 e. The fourth-order valence-corrected chi connectivity index (χ4v) is 1.87. The van der Waals surface area contributed by atoms with E-state index in [1.54, 1.807) is 0 Å². The Balaban J connectivity index is 2.39. The molecule has 0 radical (unpaired) electrons. The van der Waals surface area contributed by atoms with E-state index in [-0.39, 0.29) is 12.0 Å². The lowest BCUT2D eigenvalue weighted by molar-refractivity contribution is -0.143. The van der Waals surface area contributed by atoms with Gasteiger partial charge in [0, 0.05) is 32.2 Å². The number of nitrogens with two attached hydrogens (primary N) is 1. The van der Waals surface area contributed by atoms with Gasteiger partial charge in [-0.2, -0.15) is 0 Å². The average Bonchev–Trinajstić information content (AvgIpc) is 2.37. The highest BCUT2D eigenvalue weighted by atomic mass is 16.5. The summed E-state index contributed by atoms with van der Waals surface area (Å²) in [5, 5.41) is 0. The zero-order valence-corrected chi connectivity index (χ0v) is 12.1. The van der Waals surface area contributed by atoms with Crippen LogP contribution >= 0.6 is 0 Å². The van der Waals surface area contributed by atoms with Crippen LogP contribution in [0, 0.1) is 0 Å². The lowest BCUT2D eigenvalue weighted by atomic mass is 10.0. The molecule has 0 aliphatic heterocycles. The zero-order valence-electron chi connectivity index (χ0n) is 12.1. The minimum atomic E-state index is -0.166. The standard InChI is InChI=1S/C15H24N2O2/c1-4-19-15(18)10-7-13(16)11-12-5-8-14(9-6-12)17(2)3/h5-6,8-9,13H,4,7,10-11,16H2,1-3H3. The molecule has 0 heterocycles. The molecule has 1 aromatic carbocycles. The van der Waals surface area contributed by atoms with E-state index in [2.05, 4.69) is 29.2 Å². The number of benzene rings is 1. The third-order valence-corrected chi connectivity index (χ3v) is 2.98.